The van der Waals surface area contributed by atoms with Crippen molar-refractivity contribution in [1.29, 1.82) is 0 Å². The third-order valence-corrected chi connectivity index (χ3v) is 4.16. The van der Waals surface area contributed by atoms with Gasteiger partial charge in [0.15, 0.2) is 0 Å². The molecule has 1 saturated heterocycles. The Balaban J connectivity index is 2.20. The van der Waals surface area contributed by atoms with Gasteiger partial charge in [0.25, 0.3) is 0 Å². The van der Waals surface area contributed by atoms with Gasteiger partial charge in [-0.2, -0.15) is 0 Å². The molecule has 1 aromatic rings. The molecular formula is C16H22N2O3. The summed E-state index contributed by atoms with van der Waals surface area (Å²) in [6.45, 7) is 6.22. The number of carbonyl (C=O) groups is 2. The molecule has 1 aliphatic heterocycles. The number of hydrogen-bond donors (Lipinski definition) is 2. The highest BCUT2D eigenvalue weighted by atomic mass is 16.4. The van der Waals surface area contributed by atoms with Crippen molar-refractivity contribution < 1.29 is 14.7 Å². The minimum absolute atomic E-state index is 0.0278. The second-order valence-corrected chi connectivity index (χ2v) is 5.79. The molecule has 1 heterocycles. The minimum Gasteiger partial charge on any atom is -0.480 e. The molecule has 21 heavy (non-hydrogen) atoms. The van der Waals surface area contributed by atoms with E-state index in [4.69, 9.17) is 0 Å². The first-order chi connectivity index (χ1) is 9.91. The maximum Gasteiger partial charge on any atom is 0.326 e. The lowest BCUT2D eigenvalue weighted by molar-refractivity contribution is -0.145. The average molecular weight is 290 g/mol. The van der Waals surface area contributed by atoms with Crippen LogP contribution in [-0.2, 0) is 4.79 Å². The number of likely N-dealkylation sites (tertiary alicyclic amines) is 1. The van der Waals surface area contributed by atoms with Crippen molar-refractivity contribution in [2.45, 2.75) is 39.7 Å². The van der Waals surface area contributed by atoms with E-state index < -0.39 is 12.0 Å². The topological polar surface area (TPSA) is 69.6 Å². The number of para-hydroxylation sites is 1. The number of carboxylic acids is 1. The molecule has 0 aromatic heterocycles. The minimum atomic E-state index is -0.932. The van der Waals surface area contributed by atoms with Gasteiger partial charge in [-0.15, -0.1) is 0 Å². The smallest absolute Gasteiger partial charge is 0.326 e. The number of aryl methyl sites for hydroxylation is 2. The summed E-state index contributed by atoms with van der Waals surface area (Å²) < 4.78 is 0. The Morgan fingerprint density at radius 2 is 1.90 bits per heavy atom. The van der Waals surface area contributed by atoms with Gasteiger partial charge in [0, 0.05) is 12.2 Å². The first-order valence-corrected chi connectivity index (χ1v) is 7.28. The quantitative estimate of drug-likeness (QED) is 0.879. The van der Waals surface area contributed by atoms with Crippen molar-refractivity contribution in [3.63, 3.8) is 0 Å². The third kappa shape index (κ3) is 3.17. The number of carboxylic acid groups (broad SMARTS) is 1. The van der Waals surface area contributed by atoms with Gasteiger partial charge >= 0.3 is 12.0 Å². The maximum absolute atomic E-state index is 12.5. The molecule has 2 atom stereocenters. The fourth-order valence-electron chi connectivity index (χ4n) is 2.98. The molecule has 1 fully saturated rings. The highest BCUT2D eigenvalue weighted by Crippen LogP contribution is 2.26. The fraction of sp³-hybridized carbons (Fsp3) is 0.500. The molecule has 114 valence electrons. The number of piperidine rings is 1. The predicted molar refractivity (Wildman–Crippen MR) is 81.5 cm³/mol. The molecule has 5 nitrogen and oxygen atoms in total. The summed E-state index contributed by atoms with van der Waals surface area (Å²) in [5, 5.41) is 12.3. The number of rotatable bonds is 2. The normalized spacial score (nSPS) is 22.0. The van der Waals surface area contributed by atoms with Gasteiger partial charge in [-0.25, -0.2) is 9.59 Å². The van der Waals surface area contributed by atoms with Crippen LogP contribution in [0.1, 0.15) is 30.9 Å². The van der Waals surface area contributed by atoms with E-state index in [2.05, 4.69) is 5.32 Å². The summed E-state index contributed by atoms with van der Waals surface area (Å²) in [7, 11) is 0. The Kier molecular flexibility index (Phi) is 4.50. The van der Waals surface area contributed by atoms with E-state index in [0.717, 1.165) is 29.7 Å². The number of anilines is 1. The number of carbonyl (C=O) groups excluding carboxylic acids is 1. The summed E-state index contributed by atoms with van der Waals surface area (Å²) in [5.74, 6) is -0.959. The molecule has 0 aliphatic carbocycles. The Bertz CT molecular complexity index is 536. The van der Waals surface area contributed by atoms with Gasteiger partial charge in [-0.05, 0) is 43.7 Å². The molecule has 2 rings (SSSR count). The summed E-state index contributed by atoms with van der Waals surface area (Å²) in [5.41, 5.74) is 2.71. The van der Waals surface area contributed by atoms with Crippen molar-refractivity contribution >= 4 is 17.7 Å². The van der Waals surface area contributed by atoms with E-state index >= 15 is 0 Å². The number of benzene rings is 1. The lowest BCUT2D eigenvalue weighted by Crippen LogP contribution is -2.53. The summed E-state index contributed by atoms with van der Waals surface area (Å²) in [6.07, 6.45) is 1.68. The first kappa shape index (κ1) is 15.4. The largest absolute Gasteiger partial charge is 0.480 e. The van der Waals surface area contributed by atoms with Gasteiger partial charge in [0.1, 0.15) is 6.04 Å². The number of urea groups is 1. The second kappa shape index (κ2) is 6.16. The highest BCUT2D eigenvalue weighted by Gasteiger charge is 2.37. The van der Waals surface area contributed by atoms with E-state index in [0.29, 0.717) is 6.54 Å². The first-order valence-electron chi connectivity index (χ1n) is 7.28. The van der Waals surface area contributed by atoms with E-state index in [1.165, 1.54) is 4.90 Å². The maximum atomic E-state index is 12.5. The van der Waals surface area contributed by atoms with Crippen LogP contribution >= 0.6 is 0 Å². The number of nitrogens with zero attached hydrogens (tertiary/aromatic N) is 1. The monoisotopic (exact) mass is 290 g/mol. The molecule has 1 aliphatic rings. The van der Waals surface area contributed by atoms with Crippen LogP contribution < -0.4 is 5.32 Å². The van der Waals surface area contributed by atoms with Gasteiger partial charge in [0.2, 0.25) is 0 Å². The average Bonchev–Trinajstić information content (AvgIpc) is 2.42. The summed E-state index contributed by atoms with van der Waals surface area (Å²) in [4.78, 5) is 25.4. The zero-order valence-corrected chi connectivity index (χ0v) is 12.7. The van der Waals surface area contributed by atoms with E-state index in [-0.39, 0.29) is 11.9 Å². The molecule has 2 amide bonds. The second-order valence-electron chi connectivity index (χ2n) is 5.79. The molecule has 0 bridgehead atoms. The Morgan fingerprint density at radius 3 is 2.48 bits per heavy atom. The van der Waals surface area contributed by atoms with Crippen LogP contribution in [0.5, 0.6) is 0 Å². The number of aliphatic carboxylic acids is 1. The van der Waals surface area contributed by atoms with E-state index in [9.17, 15) is 14.7 Å². The van der Waals surface area contributed by atoms with Crippen LogP contribution in [0, 0.1) is 19.8 Å². The summed E-state index contributed by atoms with van der Waals surface area (Å²) in [6, 6.07) is 4.71. The lowest BCUT2D eigenvalue weighted by Gasteiger charge is -2.37. The zero-order chi connectivity index (χ0) is 15.6. The molecule has 1 aromatic carbocycles. The highest BCUT2D eigenvalue weighted by molar-refractivity contribution is 5.93. The number of amides is 2. The van der Waals surface area contributed by atoms with Gasteiger partial charge in [-0.1, -0.05) is 25.1 Å². The Morgan fingerprint density at radius 1 is 1.29 bits per heavy atom. The Hall–Kier alpha value is -2.04. The van der Waals surface area contributed by atoms with Crippen molar-refractivity contribution in [1.82, 2.24) is 4.90 Å². The van der Waals surface area contributed by atoms with Crippen LogP contribution in [-0.4, -0.2) is 34.6 Å². The van der Waals surface area contributed by atoms with Crippen molar-refractivity contribution in [3.05, 3.63) is 29.3 Å². The van der Waals surface area contributed by atoms with Gasteiger partial charge < -0.3 is 15.3 Å². The van der Waals surface area contributed by atoms with E-state index in [1.807, 2.05) is 39.0 Å². The van der Waals surface area contributed by atoms with Crippen molar-refractivity contribution in [2.75, 3.05) is 11.9 Å². The predicted octanol–water partition coefficient (Wildman–Crippen LogP) is 3.02. The standard InChI is InChI=1S/C16H22N2O3/c1-10-6-4-7-11(2)13(10)17-16(21)18-9-5-8-12(3)14(18)15(19)20/h4,6-7,12,14H,5,8-9H2,1-3H3,(H,17,21)(H,19,20). The fourth-order valence-corrected chi connectivity index (χ4v) is 2.98. The van der Waals surface area contributed by atoms with Crippen LogP contribution in [0.25, 0.3) is 0 Å². The van der Waals surface area contributed by atoms with Gasteiger partial charge in [-0.3, -0.25) is 0 Å². The van der Waals surface area contributed by atoms with Crippen LogP contribution in [0.4, 0.5) is 10.5 Å². The molecular weight excluding hydrogens is 268 g/mol. The van der Waals surface area contributed by atoms with Crippen LogP contribution in [0.3, 0.4) is 0 Å². The molecule has 2 N–H and O–H groups in total. The molecule has 0 radical (unpaired) electrons. The third-order valence-electron chi connectivity index (χ3n) is 4.16. The molecule has 2 unspecified atom stereocenters. The van der Waals surface area contributed by atoms with Crippen LogP contribution in [0.2, 0.25) is 0 Å². The van der Waals surface area contributed by atoms with Gasteiger partial charge in [0.05, 0.1) is 0 Å². The van der Waals surface area contributed by atoms with Crippen molar-refractivity contribution in [2.24, 2.45) is 5.92 Å². The lowest BCUT2D eigenvalue weighted by atomic mass is 9.91. The SMILES string of the molecule is Cc1cccc(C)c1NC(=O)N1CCCC(C)C1C(=O)O. The van der Waals surface area contributed by atoms with E-state index in [1.54, 1.807) is 0 Å². The molecule has 5 heteroatoms. The molecule has 0 spiro atoms. The Labute approximate surface area is 125 Å². The number of hydrogen-bond acceptors (Lipinski definition) is 2. The summed E-state index contributed by atoms with van der Waals surface area (Å²) >= 11 is 0. The van der Waals surface area contributed by atoms with Crippen LogP contribution in [0.15, 0.2) is 18.2 Å². The van der Waals surface area contributed by atoms with Crippen molar-refractivity contribution in [3.8, 4) is 0 Å². The molecule has 0 saturated carbocycles. The zero-order valence-electron chi connectivity index (χ0n) is 12.7. The number of nitrogens with one attached hydrogen (secondary N) is 1.